The number of nitrogens with one attached hydrogen (secondary N) is 2. The number of nitrogens with zero attached hydrogens (tertiary/aromatic N) is 3. The number of hydrazine groups is 1. The summed E-state index contributed by atoms with van der Waals surface area (Å²) in [7, 11) is 1.60. The van der Waals surface area contributed by atoms with Gasteiger partial charge in [0.05, 0.1) is 12.9 Å². The molecule has 0 unspecified atom stereocenters. The van der Waals surface area contributed by atoms with Gasteiger partial charge in [-0.05, 0) is 55.5 Å². The molecule has 8 nitrogen and oxygen atoms in total. The van der Waals surface area contributed by atoms with Gasteiger partial charge in [-0.25, -0.2) is 4.39 Å². The molecule has 2 aromatic carbocycles. The molecular weight excluding hydrogens is 409 g/mol. The second-order valence-corrected chi connectivity index (χ2v) is 7.02. The first kappa shape index (κ1) is 21.3. The topological polar surface area (TPSA) is 98.1 Å². The fraction of sp³-hybridized carbons (Fsp3) is 0.200. The van der Waals surface area contributed by atoms with Crippen LogP contribution in [0.4, 0.5) is 4.39 Å². The van der Waals surface area contributed by atoms with Crippen molar-refractivity contribution in [2.45, 2.75) is 18.6 Å². The van der Waals surface area contributed by atoms with E-state index in [-0.39, 0.29) is 11.3 Å². The number of rotatable bonds is 7. The van der Waals surface area contributed by atoms with E-state index in [1.807, 2.05) is 35.8 Å². The van der Waals surface area contributed by atoms with Gasteiger partial charge in [-0.1, -0.05) is 11.8 Å². The molecule has 3 aromatic rings. The minimum atomic E-state index is -0.535. The maximum absolute atomic E-state index is 12.9. The van der Waals surface area contributed by atoms with Crippen molar-refractivity contribution in [1.29, 1.82) is 0 Å². The van der Waals surface area contributed by atoms with E-state index < -0.39 is 17.6 Å². The van der Waals surface area contributed by atoms with Crippen molar-refractivity contribution < 1.29 is 18.7 Å². The first-order chi connectivity index (χ1) is 14.5. The van der Waals surface area contributed by atoms with Crippen molar-refractivity contribution >= 4 is 23.6 Å². The van der Waals surface area contributed by atoms with Crippen LogP contribution in [0.5, 0.6) is 5.75 Å². The molecule has 1 heterocycles. The van der Waals surface area contributed by atoms with Gasteiger partial charge >= 0.3 is 0 Å². The molecule has 0 saturated carbocycles. The van der Waals surface area contributed by atoms with Crippen LogP contribution in [-0.4, -0.2) is 39.4 Å². The van der Waals surface area contributed by atoms with Gasteiger partial charge in [0.1, 0.15) is 11.6 Å². The van der Waals surface area contributed by atoms with Crippen LogP contribution >= 0.6 is 11.8 Å². The zero-order valence-electron chi connectivity index (χ0n) is 16.4. The van der Waals surface area contributed by atoms with Gasteiger partial charge < -0.3 is 9.30 Å². The molecule has 156 valence electrons. The predicted octanol–water partition coefficient (Wildman–Crippen LogP) is 2.67. The van der Waals surface area contributed by atoms with Crippen LogP contribution in [0, 0.1) is 5.82 Å². The second-order valence-electron chi connectivity index (χ2n) is 6.08. The van der Waals surface area contributed by atoms with Crippen LogP contribution < -0.4 is 15.6 Å². The van der Waals surface area contributed by atoms with E-state index in [4.69, 9.17) is 4.74 Å². The number of halogens is 1. The highest BCUT2D eigenvalue weighted by Crippen LogP contribution is 2.25. The minimum absolute atomic E-state index is 0.0322. The molecule has 3 rings (SSSR count). The summed E-state index contributed by atoms with van der Waals surface area (Å²) in [5, 5.41) is 8.99. The van der Waals surface area contributed by atoms with Crippen molar-refractivity contribution in [3.05, 3.63) is 59.9 Å². The number of thioether (sulfide) groups is 1. The van der Waals surface area contributed by atoms with Gasteiger partial charge in [-0.3, -0.25) is 20.4 Å². The van der Waals surface area contributed by atoms with Gasteiger partial charge in [0, 0.05) is 17.7 Å². The molecule has 0 aliphatic heterocycles. The molecule has 2 N–H and O–H groups in total. The Morgan fingerprint density at radius 3 is 2.40 bits per heavy atom. The molecule has 0 bridgehead atoms. The Morgan fingerprint density at radius 1 is 1.07 bits per heavy atom. The highest BCUT2D eigenvalue weighted by Gasteiger charge is 2.15. The number of benzene rings is 2. The van der Waals surface area contributed by atoms with Crippen LogP contribution in [0.3, 0.4) is 0 Å². The lowest BCUT2D eigenvalue weighted by molar-refractivity contribution is -0.119. The number of amides is 2. The number of carbonyl (C=O) groups is 2. The summed E-state index contributed by atoms with van der Waals surface area (Å²) in [6.07, 6.45) is 0. The molecule has 30 heavy (non-hydrogen) atoms. The SMILES string of the molecule is CCn1c(SCC(=O)NNC(=O)c2ccc(F)cc2)nnc1-c1ccc(OC)cc1. The van der Waals surface area contributed by atoms with E-state index in [2.05, 4.69) is 21.0 Å². The van der Waals surface area contributed by atoms with E-state index in [1.165, 1.54) is 36.0 Å². The molecule has 2 amide bonds. The van der Waals surface area contributed by atoms with Gasteiger partial charge in [0.15, 0.2) is 11.0 Å². The standard InChI is InChI=1S/C20H20FN5O3S/c1-3-26-18(13-6-10-16(29-2)11-7-13)23-25-20(26)30-12-17(27)22-24-19(28)14-4-8-15(21)9-5-14/h4-11H,3,12H2,1-2H3,(H,22,27)(H,24,28). The zero-order valence-corrected chi connectivity index (χ0v) is 17.2. The molecule has 1 aromatic heterocycles. The molecule has 0 atom stereocenters. The van der Waals surface area contributed by atoms with Crippen LogP contribution in [0.15, 0.2) is 53.7 Å². The number of hydrogen-bond donors (Lipinski definition) is 2. The number of methoxy groups -OCH3 is 1. The average Bonchev–Trinajstić information content (AvgIpc) is 3.19. The molecule has 0 aliphatic rings. The van der Waals surface area contributed by atoms with Gasteiger partial charge in [-0.2, -0.15) is 0 Å². The van der Waals surface area contributed by atoms with E-state index in [0.717, 1.165) is 11.3 Å². The van der Waals surface area contributed by atoms with Crippen molar-refractivity contribution in [2.24, 2.45) is 0 Å². The Labute approximate surface area is 176 Å². The lowest BCUT2D eigenvalue weighted by Gasteiger charge is -2.09. The summed E-state index contributed by atoms with van der Waals surface area (Å²) in [6.45, 7) is 2.59. The maximum atomic E-state index is 12.9. The molecule has 0 saturated heterocycles. The fourth-order valence-corrected chi connectivity index (χ4v) is 3.40. The monoisotopic (exact) mass is 429 g/mol. The Hall–Kier alpha value is -3.40. The van der Waals surface area contributed by atoms with E-state index >= 15 is 0 Å². The van der Waals surface area contributed by atoms with Crippen LogP contribution in [0.2, 0.25) is 0 Å². The maximum Gasteiger partial charge on any atom is 0.269 e. The summed E-state index contributed by atoms with van der Waals surface area (Å²) < 4.78 is 20.0. The van der Waals surface area contributed by atoms with Crippen LogP contribution in [0.25, 0.3) is 11.4 Å². The average molecular weight is 429 g/mol. The third-order valence-corrected chi connectivity index (χ3v) is 5.10. The quantitative estimate of drug-likeness (QED) is 0.443. The van der Waals surface area contributed by atoms with Crippen LogP contribution in [-0.2, 0) is 11.3 Å². The Balaban J connectivity index is 1.57. The smallest absolute Gasteiger partial charge is 0.269 e. The molecule has 10 heteroatoms. The number of hydrogen-bond acceptors (Lipinski definition) is 6. The molecule has 0 spiro atoms. The highest BCUT2D eigenvalue weighted by molar-refractivity contribution is 7.99. The molecule has 0 radical (unpaired) electrons. The van der Waals surface area contributed by atoms with Crippen molar-refractivity contribution in [1.82, 2.24) is 25.6 Å². The Kier molecular flexibility index (Phi) is 7.02. The molecule has 0 fully saturated rings. The van der Waals surface area contributed by atoms with Crippen molar-refractivity contribution in [3.8, 4) is 17.1 Å². The summed E-state index contributed by atoms with van der Waals surface area (Å²) in [5.41, 5.74) is 5.74. The van der Waals surface area contributed by atoms with Crippen molar-refractivity contribution in [2.75, 3.05) is 12.9 Å². The fourth-order valence-electron chi connectivity index (χ4n) is 2.60. The van der Waals surface area contributed by atoms with Crippen LogP contribution in [0.1, 0.15) is 17.3 Å². The number of ether oxygens (including phenoxy) is 1. The summed E-state index contributed by atoms with van der Waals surface area (Å²) in [4.78, 5) is 24.0. The minimum Gasteiger partial charge on any atom is -0.497 e. The third kappa shape index (κ3) is 5.15. The van der Waals surface area contributed by atoms with E-state index in [9.17, 15) is 14.0 Å². The third-order valence-electron chi connectivity index (χ3n) is 4.14. The summed E-state index contributed by atoms with van der Waals surface area (Å²) in [5.74, 6) is 0.0766. The largest absolute Gasteiger partial charge is 0.497 e. The van der Waals surface area contributed by atoms with E-state index in [0.29, 0.717) is 17.5 Å². The van der Waals surface area contributed by atoms with Crippen molar-refractivity contribution in [3.63, 3.8) is 0 Å². The predicted molar refractivity (Wildman–Crippen MR) is 110 cm³/mol. The normalized spacial score (nSPS) is 10.5. The lowest BCUT2D eigenvalue weighted by atomic mass is 10.2. The first-order valence-corrected chi connectivity index (χ1v) is 10.1. The summed E-state index contributed by atoms with van der Waals surface area (Å²) in [6, 6.07) is 12.5. The Morgan fingerprint density at radius 2 is 1.77 bits per heavy atom. The summed E-state index contributed by atoms with van der Waals surface area (Å²) >= 11 is 1.20. The Bertz CT molecular complexity index is 1020. The first-order valence-electron chi connectivity index (χ1n) is 9.07. The zero-order chi connectivity index (χ0) is 21.5. The second kappa shape index (κ2) is 9.88. The molecular formula is C20H20FN5O3S. The highest BCUT2D eigenvalue weighted by atomic mass is 32.2. The number of aromatic nitrogens is 3. The van der Waals surface area contributed by atoms with E-state index in [1.54, 1.807) is 7.11 Å². The lowest BCUT2D eigenvalue weighted by Crippen LogP contribution is -2.42. The number of carbonyl (C=O) groups excluding carboxylic acids is 2. The van der Waals surface area contributed by atoms with Gasteiger partial charge in [0.25, 0.3) is 5.91 Å². The molecule has 0 aliphatic carbocycles. The van der Waals surface area contributed by atoms with Gasteiger partial charge in [-0.15, -0.1) is 10.2 Å². The van der Waals surface area contributed by atoms with Gasteiger partial charge in [0.2, 0.25) is 5.91 Å².